The van der Waals surface area contributed by atoms with Gasteiger partial charge in [-0.05, 0) is 25.0 Å². The largest absolute Gasteiger partial charge is 0.354 e. The van der Waals surface area contributed by atoms with E-state index in [1.807, 2.05) is 0 Å². The van der Waals surface area contributed by atoms with Crippen molar-refractivity contribution in [3.05, 3.63) is 65.9 Å². The van der Waals surface area contributed by atoms with Gasteiger partial charge in [0.1, 0.15) is 11.4 Å². The zero-order chi connectivity index (χ0) is 18.9. The molecule has 7 nitrogen and oxygen atoms in total. The van der Waals surface area contributed by atoms with Crippen molar-refractivity contribution in [1.82, 2.24) is 25.2 Å². The summed E-state index contributed by atoms with van der Waals surface area (Å²) in [7, 11) is 0. The van der Waals surface area contributed by atoms with Gasteiger partial charge in [-0.25, -0.2) is 13.9 Å². The molecule has 0 aliphatic heterocycles. The SMILES string of the molecule is O=C(NCCNC(=O)C1(c2ccccc2F)CC1)c1cnn2cccnc12. The van der Waals surface area contributed by atoms with Crippen molar-refractivity contribution in [3.63, 3.8) is 0 Å². The Kier molecular flexibility index (Phi) is 4.31. The van der Waals surface area contributed by atoms with E-state index in [0.29, 0.717) is 29.6 Å². The van der Waals surface area contributed by atoms with Crippen LogP contribution in [0.5, 0.6) is 0 Å². The summed E-state index contributed by atoms with van der Waals surface area (Å²) in [6, 6.07) is 8.09. The van der Waals surface area contributed by atoms with Crippen LogP contribution in [0.1, 0.15) is 28.8 Å². The fourth-order valence-corrected chi connectivity index (χ4v) is 3.20. The lowest BCUT2D eigenvalue weighted by molar-refractivity contribution is -0.123. The fourth-order valence-electron chi connectivity index (χ4n) is 3.20. The standard InChI is InChI=1S/C19H18FN5O2/c20-15-5-2-1-4-14(15)19(6-7-19)18(27)23-10-9-22-17(26)13-12-24-25-11-3-8-21-16(13)25/h1-5,8,11-12H,6-7,9-10H2,(H,22,26)(H,23,27). The lowest BCUT2D eigenvalue weighted by Crippen LogP contribution is -2.40. The Bertz CT molecular complexity index is 1010. The van der Waals surface area contributed by atoms with Crippen molar-refractivity contribution in [1.29, 1.82) is 0 Å². The highest BCUT2D eigenvalue weighted by molar-refractivity contribution is 5.99. The number of carbonyl (C=O) groups is 2. The van der Waals surface area contributed by atoms with E-state index in [1.54, 1.807) is 36.7 Å². The molecule has 138 valence electrons. The zero-order valence-corrected chi connectivity index (χ0v) is 14.5. The molecule has 0 atom stereocenters. The van der Waals surface area contributed by atoms with Crippen molar-refractivity contribution >= 4 is 17.5 Å². The predicted molar refractivity (Wildman–Crippen MR) is 95.6 cm³/mol. The minimum atomic E-state index is -0.776. The number of benzene rings is 1. The van der Waals surface area contributed by atoms with Gasteiger partial charge in [0.05, 0.1) is 11.6 Å². The Hall–Kier alpha value is -3.29. The second kappa shape index (κ2) is 6.79. The first-order chi connectivity index (χ1) is 13.1. The summed E-state index contributed by atoms with van der Waals surface area (Å²) in [6.45, 7) is 0.509. The molecule has 0 spiro atoms. The highest BCUT2D eigenvalue weighted by Crippen LogP contribution is 2.49. The molecule has 1 fully saturated rings. The van der Waals surface area contributed by atoms with E-state index in [-0.39, 0.29) is 30.7 Å². The van der Waals surface area contributed by atoms with Crippen LogP contribution in [0.4, 0.5) is 4.39 Å². The molecule has 2 amide bonds. The van der Waals surface area contributed by atoms with Gasteiger partial charge < -0.3 is 10.6 Å². The number of hydrogen-bond donors (Lipinski definition) is 2. The number of rotatable bonds is 6. The van der Waals surface area contributed by atoms with Gasteiger partial charge in [0.2, 0.25) is 5.91 Å². The predicted octanol–water partition coefficient (Wildman–Crippen LogP) is 1.45. The first-order valence-corrected chi connectivity index (χ1v) is 8.72. The van der Waals surface area contributed by atoms with E-state index in [2.05, 4.69) is 20.7 Å². The maximum absolute atomic E-state index is 14.0. The third kappa shape index (κ3) is 3.14. The van der Waals surface area contributed by atoms with Crippen LogP contribution in [-0.2, 0) is 10.2 Å². The van der Waals surface area contributed by atoms with Crippen molar-refractivity contribution in [2.75, 3.05) is 13.1 Å². The summed E-state index contributed by atoms with van der Waals surface area (Å²) >= 11 is 0. The van der Waals surface area contributed by atoms with Crippen LogP contribution < -0.4 is 10.6 Å². The molecule has 2 N–H and O–H groups in total. The average Bonchev–Trinajstić information content (AvgIpc) is 3.38. The summed E-state index contributed by atoms with van der Waals surface area (Å²) in [5.41, 5.74) is 0.494. The van der Waals surface area contributed by atoms with E-state index >= 15 is 0 Å². The van der Waals surface area contributed by atoms with Crippen LogP contribution in [-0.4, -0.2) is 39.5 Å². The highest BCUT2D eigenvalue weighted by atomic mass is 19.1. The van der Waals surface area contributed by atoms with Crippen molar-refractivity contribution < 1.29 is 14.0 Å². The number of carbonyl (C=O) groups excluding carboxylic acids is 2. The maximum atomic E-state index is 14.0. The molecule has 3 aromatic rings. The fraction of sp³-hybridized carbons (Fsp3) is 0.263. The molecular weight excluding hydrogens is 349 g/mol. The van der Waals surface area contributed by atoms with Crippen LogP contribution in [0, 0.1) is 5.82 Å². The molecule has 8 heteroatoms. The number of amides is 2. The molecule has 0 radical (unpaired) electrons. The molecule has 1 aliphatic rings. The maximum Gasteiger partial charge on any atom is 0.256 e. The Morgan fingerprint density at radius 2 is 1.93 bits per heavy atom. The average molecular weight is 367 g/mol. The van der Waals surface area contributed by atoms with Gasteiger partial charge in [0.15, 0.2) is 5.65 Å². The molecule has 0 saturated heterocycles. The molecule has 2 heterocycles. The van der Waals surface area contributed by atoms with Gasteiger partial charge in [0, 0.05) is 31.0 Å². The van der Waals surface area contributed by atoms with Crippen molar-refractivity contribution in [2.24, 2.45) is 0 Å². The number of aromatic nitrogens is 3. The number of nitrogens with one attached hydrogen (secondary N) is 2. The van der Waals surface area contributed by atoms with Crippen molar-refractivity contribution in [2.45, 2.75) is 18.3 Å². The lowest BCUT2D eigenvalue weighted by Gasteiger charge is -2.16. The van der Waals surface area contributed by atoms with E-state index in [4.69, 9.17) is 0 Å². The highest BCUT2D eigenvalue weighted by Gasteiger charge is 2.52. The Morgan fingerprint density at radius 3 is 2.70 bits per heavy atom. The summed E-state index contributed by atoms with van der Waals surface area (Å²) in [4.78, 5) is 28.9. The molecule has 0 bridgehead atoms. The van der Waals surface area contributed by atoms with E-state index < -0.39 is 5.41 Å². The molecule has 27 heavy (non-hydrogen) atoms. The van der Waals surface area contributed by atoms with E-state index in [0.717, 1.165) is 0 Å². The summed E-state index contributed by atoms with van der Waals surface area (Å²) < 4.78 is 15.5. The number of halogens is 1. The number of fused-ring (bicyclic) bond motifs is 1. The third-order valence-corrected chi connectivity index (χ3v) is 4.79. The monoisotopic (exact) mass is 367 g/mol. The first-order valence-electron chi connectivity index (χ1n) is 8.72. The topological polar surface area (TPSA) is 88.4 Å². The first kappa shape index (κ1) is 17.1. The van der Waals surface area contributed by atoms with E-state index in [9.17, 15) is 14.0 Å². The minimum absolute atomic E-state index is 0.209. The summed E-state index contributed by atoms with van der Waals surface area (Å²) in [5.74, 6) is -0.883. The molecule has 2 aromatic heterocycles. The van der Waals surface area contributed by atoms with Crippen molar-refractivity contribution in [3.8, 4) is 0 Å². The molecule has 0 unspecified atom stereocenters. The van der Waals surface area contributed by atoms with Crippen LogP contribution in [0.3, 0.4) is 0 Å². The summed E-state index contributed by atoms with van der Waals surface area (Å²) in [6.07, 6.45) is 6.00. The number of nitrogens with zero attached hydrogens (tertiary/aromatic N) is 3. The molecule has 1 aliphatic carbocycles. The molecule has 1 aromatic carbocycles. The van der Waals surface area contributed by atoms with Gasteiger partial charge in [0.25, 0.3) is 5.91 Å². The molecule has 4 rings (SSSR count). The van der Waals surface area contributed by atoms with Crippen LogP contribution >= 0.6 is 0 Å². The van der Waals surface area contributed by atoms with Crippen LogP contribution in [0.2, 0.25) is 0 Å². The van der Waals surface area contributed by atoms with Crippen LogP contribution in [0.25, 0.3) is 5.65 Å². The minimum Gasteiger partial charge on any atom is -0.354 e. The molecule has 1 saturated carbocycles. The summed E-state index contributed by atoms with van der Waals surface area (Å²) in [5, 5.41) is 9.59. The molecular formula is C19H18FN5O2. The van der Waals surface area contributed by atoms with Gasteiger partial charge in [-0.1, -0.05) is 18.2 Å². The smallest absolute Gasteiger partial charge is 0.256 e. The van der Waals surface area contributed by atoms with E-state index in [1.165, 1.54) is 16.8 Å². The number of hydrogen-bond acceptors (Lipinski definition) is 4. The second-order valence-corrected chi connectivity index (χ2v) is 6.52. The third-order valence-electron chi connectivity index (χ3n) is 4.79. The lowest BCUT2D eigenvalue weighted by atomic mass is 9.94. The zero-order valence-electron chi connectivity index (χ0n) is 14.5. The van der Waals surface area contributed by atoms with Gasteiger partial charge >= 0.3 is 0 Å². The quantitative estimate of drug-likeness (QED) is 0.646. The Morgan fingerprint density at radius 1 is 1.15 bits per heavy atom. The Labute approximate surface area is 154 Å². The van der Waals surface area contributed by atoms with Gasteiger partial charge in [-0.2, -0.15) is 5.10 Å². The van der Waals surface area contributed by atoms with Gasteiger partial charge in [-0.3, -0.25) is 9.59 Å². The van der Waals surface area contributed by atoms with Gasteiger partial charge in [-0.15, -0.1) is 0 Å². The normalized spacial score (nSPS) is 14.7. The van der Waals surface area contributed by atoms with Crippen LogP contribution in [0.15, 0.2) is 48.9 Å². The second-order valence-electron chi connectivity index (χ2n) is 6.52. The Balaban J connectivity index is 1.32.